The highest BCUT2D eigenvalue weighted by Crippen LogP contribution is 2.41. The fraction of sp³-hybridized carbons (Fsp3) is 0.692. The summed E-state index contributed by atoms with van der Waals surface area (Å²) in [4.78, 5) is 19.0. The zero-order chi connectivity index (χ0) is 12.8. The Morgan fingerprint density at radius 3 is 2.78 bits per heavy atom. The maximum Gasteiger partial charge on any atom is 0.252 e. The molecule has 0 radical (unpaired) electrons. The highest BCUT2D eigenvalue weighted by molar-refractivity contribution is 5.38. The van der Waals surface area contributed by atoms with Crippen LogP contribution in [-0.2, 0) is 0 Å². The number of hydrogen-bond acceptors (Lipinski definition) is 4. The van der Waals surface area contributed by atoms with E-state index in [0.717, 1.165) is 18.7 Å². The lowest BCUT2D eigenvalue weighted by molar-refractivity contribution is 0.457. The summed E-state index contributed by atoms with van der Waals surface area (Å²) in [5, 5.41) is 3.37. The maximum atomic E-state index is 11.6. The Balaban J connectivity index is 1.84. The van der Waals surface area contributed by atoms with Gasteiger partial charge in [0.2, 0.25) is 0 Å². The first-order valence-electron chi connectivity index (χ1n) is 6.70. The van der Waals surface area contributed by atoms with Gasteiger partial charge in [-0.05, 0) is 38.5 Å². The van der Waals surface area contributed by atoms with Gasteiger partial charge in [-0.25, -0.2) is 4.98 Å². The minimum atomic E-state index is -0.137. The molecule has 2 aliphatic rings. The number of hydrogen-bond donors (Lipinski definition) is 3. The van der Waals surface area contributed by atoms with E-state index in [9.17, 15) is 4.79 Å². The van der Waals surface area contributed by atoms with Crippen LogP contribution in [-0.4, -0.2) is 22.1 Å². The van der Waals surface area contributed by atoms with E-state index in [1.54, 1.807) is 0 Å². The van der Waals surface area contributed by atoms with Crippen molar-refractivity contribution in [1.82, 2.24) is 9.97 Å². The molecule has 4 N–H and O–H groups in total. The monoisotopic (exact) mass is 248 g/mol. The molecule has 1 atom stereocenters. The molecule has 5 nitrogen and oxygen atoms in total. The van der Waals surface area contributed by atoms with Crippen LogP contribution in [0.2, 0.25) is 0 Å². The maximum absolute atomic E-state index is 11.6. The van der Waals surface area contributed by atoms with Crippen LogP contribution in [0.5, 0.6) is 0 Å². The molecule has 0 aromatic carbocycles. The molecule has 0 amide bonds. The molecule has 1 aromatic heterocycles. The van der Waals surface area contributed by atoms with Gasteiger partial charge in [0, 0.05) is 18.5 Å². The Labute approximate surface area is 106 Å². The van der Waals surface area contributed by atoms with E-state index in [-0.39, 0.29) is 11.1 Å². The molecular formula is C13H20N4O. The fourth-order valence-electron chi connectivity index (χ4n) is 2.42. The number of nitrogens with zero attached hydrogens (tertiary/aromatic N) is 1. The summed E-state index contributed by atoms with van der Waals surface area (Å²) < 4.78 is 0. The van der Waals surface area contributed by atoms with Crippen molar-refractivity contribution in [3.63, 3.8) is 0 Å². The predicted molar refractivity (Wildman–Crippen MR) is 70.6 cm³/mol. The Morgan fingerprint density at radius 1 is 1.50 bits per heavy atom. The van der Waals surface area contributed by atoms with Crippen molar-refractivity contribution in [2.45, 2.75) is 44.1 Å². The summed E-state index contributed by atoms with van der Waals surface area (Å²) in [6, 6.07) is 1.53. The van der Waals surface area contributed by atoms with E-state index in [1.165, 1.54) is 18.9 Å². The zero-order valence-corrected chi connectivity index (χ0v) is 10.7. The lowest BCUT2D eigenvalue weighted by Crippen LogP contribution is -2.45. The predicted octanol–water partition coefficient (Wildman–Crippen LogP) is 1.19. The first-order valence-corrected chi connectivity index (χ1v) is 6.70. The van der Waals surface area contributed by atoms with Crippen LogP contribution in [0.25, 0.3) is 0 Å². The Hall–Kier alpha value is -1.36. The number of aromatic nitrogens is 2. The summed E-state index contributed by atoms with van der Waals surface area (Å²) in [5.41, 5.74) is 5.65. The highest BCUT2D eigenvalue weighted by Gasteiger charge is 2.41. The number of nitrogens with one attached hydrogen (secondary N) is 2. The molecule has 2 saturated carbocycles. The summed E-state index contributed by atoms with van der Waals surface area (Å²) in [5.74, 6) is 2.54. The van der Waals surface area contributed by atoms with Gasteiger partial charge in [0.15, 0.2) is 0 Å². The minimum Gasteiger partial charge on any atom is -0.363 e. The van der Waals surface area contributed by atoms with Crippen LogP contribution >= 0.6 is 0 Å². The third-order valence-electron chi connectivity index (χ3n) is 4.04. The Bertz CT molecular complexity index is 504. The van der Waals surface area contributed by atoms with Gasteiger partial charge in [-0.1, -0.05) is 0 Å². The molecular weight excluding hydrogens is 228 g/mol. The zero-order valence-electron chi connectivity index (χ0n) is 10.7. The van der Waals surface area contributed by atoms with Gasteiger partial charge in [-0.15, -0.1) is 0 Å². The van der Waals surface area contributed by atoms with E-state index in [4.69, 9.17) is 5.73 Å². The topological polar surface area (TPSA) is 83.8 Å². The lowest BCUT2D eigenvalue weighted by Gasteiger charge is -2.30. The van der Waals surface area contributed by atoms with Gasteiger partial charge in [0.1, 0.15) is 11.6 Å². The molecule has 0 aliphatic heterocycles. The molecule has 3 rings (SSSR count). The Morgan fingerprint density at radius 2 is 2.22 bits per heavy atom. The van der Waals surface area contributed by atoms with Gasteiger partial charge in [0.05, 0.1) is 5.54 Å². The minimum absolute atomic E-state index is 0.0791. The summed E-state index contributed by atoms with van der Waals surface area (Å²) in [6.07, 6.45) is 4.67. The number of rotatable bonds is 5. The largest absolute Gasteiger partial charge is 0.363 e. The van der Waals surface area contributed by atoms with Crippen LogP contribution < -0.4 is 16.6 Å². The van der Waals surface area contributed by atoms with Crippen molar-refractivity contribution < 1.29 is 0 Å². The van der Waals surface area contributed by atoms with Crippen molar-refractivity contribution in [3.05, 3.63) is 22.2 Å². The number of anilines is 1. The standard InChI is InChI=1S/C13H20N4O/c1-13(7-14,9-4-5-9)17-10-6-11(18)16-12(15-10)8-2-3-8/h6,8-9H,2-5,7,14H2,1H3,(H2,15,16,17,18). The number of H-pyrrole nitrogens is 1. The van der Waals surface area contributed by atoms with E-state index < -0.39 is 0 Å². The van der Waals surface area contributed by atoms with Gasteiger partial charge >= 0.3 is 0 Å². The van der Waals surface area contributed by atoms with Crippen LogP contribution in [0.3, 0.4) is 0 Å². The van der Waals surface area contributed by atoms with Crippen LogP contribution in [0.15, 0.2) is 10.9 Å². The third kappa shape index (κ3) is 2.27. The summed E-state index contributed by atoms with van der Waals surface area (Å²) in [6.45, 7) is 2.68. The molecule has 2 fully saturated rings. The number of aromatic amines is 1. The summed E-state index contributed by atoms with van der Waals surface area (Å²) >= 11 is 0. The van der Waals surface area contributed by atoms with Crippen molar-refractivity contribution in [2.75, 3.05) is 11.9 Å². The molecule has 1 heterocycles. The normalized spacial score (nSPS) is 22.6. The Kier molecular flexibility index (Phi) is 2.66. The van der Waals surface area contributed by atoms with E-state index in [2.05, 4.69) is 22.2 Å². The quantitative estimate of drug-likeness (QED) is 0.730. The molecule has 1 unspecified atom stereocenters. The lowest BCUT2D eigenvalue weighted by atomic mass is 9.96. The molecule has 1 aromatic rings. The van der Waals surface area contributed by atoms with Gasteiger partial charge in [-0.2, -0.15) is 0 Å². The smallest absolute Gasteiger partial charge is 0.252 e. The van der Waals surface area contributed by atoms with Crippen LogP contribution in [0.1, 0.15) is 44.3 Å². The van der Waals surface area contributed by atoms with E-state index in [1.807, 2.05) is 0 Å². The fourth-order valence-corrected chi connectivity index (χ4v) is 2.42. The highest BCUT2D eigenvalue weighted by atomic mass is 16.1. The van der Waals surface area contributed by atoms with Gasteiger partial charge in [0.25, 0.3) is 5.56 Å². The molecule has 0 spiro atoms. The van der Waals surface area contributed by atoms with E-state index in [0.29, 0.717) is 24.2 Å². The molecule has 5 heteroatoms. The van der Waals surface area contributed by atoms with Gasteiger partial charge in [-0.3, -0.25) is 4.79 Å². The van der Waals surface area contributed by atoms with Crippen molar-refractivity contribution in [3.8, 4) is 0 Å². The van der Waals surface area contributed by atoms with E-state index >= 15 is 0 Å². The summed E-state index contributed by atoms with van der Waals surface area (Å²) in [7, 11) is 0. The molecule has 0 bridgehead atoms. The second kappa shape index (κ2) is 4.09. The second-order valence-corrected chi connectivity index (χ2v) is 5.81. The van der Waals surface area contributed by atoms with Crippen LogP contribution in [0.4, 0.5) is 5.82 Å². The van der Waals surface area contributed by atoms with Gasteiger partial charge < -0.3 is 16.0 Å². The van der Waals surface area contributed by atoms with Crippen molar-refractivity contribution in [2.24, 2.45) is 11.7 Å². The van der Waals surface area contributed by atoms with Crippen molar-refractivity contribution in [1.29, 1.82) is 0 Å². The second-order valence-electron chi connectivity index (χ2n) is 5.81. The van der Waals surface area contributed by atoms with Crippen molar-refractivity contribution >= 4 is 5.82 Å². The first kappa shape index (κ1) is 11.7. The molecule has 2 aliphatic carbocycles. The molecule has 98 valence electrons. The SMILES string of the molecule is CC(CN)(Nc1cc(=O)[nH]c(C2CC2)n1)C1CC1. The first-order chi connectivity index (χ1) is 8.60. The number of nitrogens with two attached hydrogens (primary N) is 1. The molecule has 18 heavy (non-hydrogen) atoms. The average Bonchev–Trinajstić information content (AvgIpc) is 3.19. The third-order valence-corrected chi connectivity index (χ3v) is 4.04. The average molecular weight is 248 g/mol. The van der Waals surface area contributed by atoms with Crippen LogP contribution in [0, 0.1) is 5.92 Å². The molecule has 0 saturated heterocycles.